The molecule has 4 aliphatic carbocycles. The molecule has 1 aromatic rings. The van der Waals surface area contributed by atoms with Gasteiger partial charge in [-0.05, 0) is 82.3 Å². The van der Waals surface area contributed by atoms with Crippen molar-refractivity contribution in [1.82, 2.24) is 4.98 Å². The van der Waals surface area contributed by atoms with E-state index in [1.807, 2.05) is 0 Å². The zero-order valence-corrected chi connectivity index (χ0v) is 14.8. The van der Waals surface area contributed by atoms with Crippen molar-refractivity contribution in [2.45, 2.75) is 58.5 Å². The van der Waals surface area contributed by atoms with Crippen LogP contribution in [0.2, 0.25) is 0 Å². The molecule has 25 heavy (non-hydrogen) atoms. The number of hydrogen-bond acceptors (Lipinski definition) is 4. The van der Waals surface area contributed by atoms with Crippen LogP contribution < -0.4 is 5.56 Å². The number of nitrogens with one attached hydrogen (secondary N) is 1. The van der Waals surface area contributed by atoms with Gasteiger partial charge in [-0.25, -0.2) is 4.79 Å². The fraction of sp³-hybridized carbons (Fsp3) is 0.650. The van der Waals surface area contributed by atoms with E-state index in [4.69, 9.17) is 4.74 Å². The van der Waals surface area contributed by atoms with Crippen LogP contribution in [-0.2, 0) is 9.53 Å². The van der Waals surface area contributed by atoms with E-state index in [-0.39, 0.29) is 16.8 Å². The van der Waals surface area contributed by atoms with Crippen LogP contribution in [0, 0.1) is 30.1 Å². The number of aryl methyl sites for hydroxylation is 1. The van der Waals surface area contributed by atoms with Gasteiger partial charge in [0.1, 0.15) is 5.56 Å². The number of carbonyl (C=O) groups excluding carboxylic acids is 2. The molecule has 0 radical (unpaired) electrons. The maximum absolute atomic E-state index is 13.1. The van der Waals surface area contributed by atoms with E-state index in [0.29, 0.717) is 23.4 Å². The Kier molecular flexibility index (Phi) is 3.85. The quantitative estimate of drug-likeness (QED) is 0.853. The van der Waals surface area contributed by atoms with Crippen LogP contribution >= 0.6 is 0 Å². The van der Waals surface area contributed by atoms with Gasteiger partial charge >= 0.3 is 5.97 Å². The maximum atomic E-state index is 13.1. The third-order valence-electron chi connectivity index (χ3n) is 6.49. The first-order valence-electron chi connectivity index (χ1n) is 9.31. The Morgan fingerprint density at radius 3 is 2.20 bits per heavy atom. The SMILES string of the molecule is Cc1ccc(C(=O)O[C@@H](C)C(=O)C23CC4CC(CC(C4)C2)C3)c(=O)[nH]1. The summed E-state index contributed by atoms with van der Waals surface area (Å²) in [5.74, 6) is 1.34. The van der Waals surface area contributed by atoms with Gasteiger partial charge in [0.2, 0.25) is 0 Å². The Balaban J connectivity index is 1.49. The van der Waals surface area contributed by atoms with E-state index in [1.165, 1.54) is 25.3 Å². The predicted octanol–water partition coefficient (Wildman–Crippen LogP) is 3.01. The van der Waals surface area contributed by atoms with Gasteiger partial charge < -0.3 is 9.72 Å². The number of H-pyrrole nitrogens is 1. The number of hydrogen-bond donors (Lipinski definition) is 1. The molecule has 1 N–H and O–H groups in total. The van der Waals surface area contributed by atoms with Crippen LogP contribution in [0.3, 0.4) is 0 Å². The van der Waals surface area contributed by atoms with Gasteiger partial charge in [-0.1, -0.05) is 0 Å². The van der Waals surface area contributed by atoms with Crippen molar-refractivity contribution in [3.05, 3.63) is 33.7 Å². The molecule has 134 valence electrons. The number of aromatic amines is 1. The largest absolute Gasteiger partial charge is 0.451 e. The Morgan fingerprint density at radius 2 is 1.68 bits per heavy atom. The van der Waals surface area contributed by atoms with E-state index < -0.39 is 17.6 Å². The summed E-state index contributed by atoms with van der Waals surface area (Å²) in [6.45, 7) is 3.40. The molecule has 1 atom stereocenters. The molecule has 5 nitrogen and oxygen atoms in total. The minimum Gasteiger partial charge on any atom is -0.451 e. The summed E-state index contributed by atoms with van der Waals surface area (Å²) in [6, 6.07) is 3.11. The molecule has 0 aromatic carbocycles. The third kappa shape index (κ3) is 2.83. The first-order chi connectivity index (χ1) is 11.9. The predicted molar refractivity (Wildman–Crippen MR) is 92.3 cm³/mol. The Bertz CT molecular complexity index is 743. The van der Waals surface area contributed by atoms with Crippen molar-refractivity contribution >= 4 is 11.8 Å². The molecular formula is C20H25NO4. The molecule has 4 aliphatic rings. The molecule has 4 bridgehead atoms. The molecule has 1 heterocycles. The van der Waals surface area contributed by atoms with Gasteiger partial charge in [-0.15, -0.1) is 0 Å². The van der Waals surface area contributed by atoms with Crippen LogP contribution in [0.4, 0.5) is 0 Å². The zero-order valence-electron chi connectivity index (χ0n) is 14.8. The number of ketones is 1. The lowest BCUT2D eigenvalue weighted by molar-refractivity contribution is -0.152. The Morgan fingerprint density at radius 1 is 1.12 bits per heavy atom. The molecule has 4 saturated carbocycles. The number of carbonyl (C=O) groups is 2. The molecule has 1 aromatic heterocycles. The number of pyridine rings is 1. The van der Waals surface area contributed by atoms with E-state index >= 15 is 0 Å². The summed E-state index contributed by atoms with van der Waals surface area (Å²) >= 11 is 0. The number of rotatable bonds is 4. The van der Waals surface area contributed by atoms with Gasteiger partial charge in [0.25, 0.3) is 5.56 Å². The second-order valence-corrected chi connectivity index (χ2v) is 8.49. The smallest absolute Gasteiger partial charge is 0.344 e. The highest BCUT2D eigenvalue weighted by Gasteiger charge is 2.55. The van der Waals surface area contributed by atoms with Gasteiger partial charge in [-0.2, -0.15) is 0 Å². The fourth-order valence-corrected chi connectivity index (χ4v) is 5.85. The summed E-state index contributed by atoms with van der Waals surface area (Å²) in [4.78, 5) is 40.0. The molecule has 0 amide bonds. The Hall–Kier alpha value is -1.91. The van der Waals surface area contributed by atoms with Crippen LogP contribution in [0.1, 0.15) is 61.5 Å². The number of esters is 1. The molecule has 0 spiro atoms. The second kappa shape index (κ2) is 5.82. The average molecular weight is 343 g/mol. The maximum Gasteiger partial charge on any atom is 0.344 e. The third-order valence-corrected chi connectivity index (χ3v) is 6.49. The van der Waals surface area contributed by atoms with Gasteiger partial charge in [0.15, 0.2) is 11.9 Å². The van der Waals surface area contributed by atoms with E-state index in [0.717, 1.165) is 19.3 Å². The highest BCUT2D eigenvalue weighted by atomic mass is 16.5. The number of ether oxygens (including phenoxy) is 1. The molecule has 5 heteroatoms. The fourth-order valence-electron chi connectivity index (χ4n) is 5.85. The average Bonchev–Trinajstić information content (AvgIpc) is 2.52. The summed E-state index contributed by atoms with van der Waals surface area (Å²) in [7, 11) is 0. The summed E-state index contributed by atoms with van der Waals surface area (Å²) in [5.41, 5.74) is -0.136. The van der Waals surface area contributed by atoms with Crippen molar-refractivity contribution in [2.75, 3.05) is 0 Å². The van der Waals surface area contributed by atoms with E-state index in [9.17, 15) is 14.4 Å². The van der Waals surface area contributed by atoms with Gasteiger partial charge in [0, 0.05) is 11.1 Å². The highest BCUT2D eigenvalue weighted by molar-refractivity contribution is 5.94. The Labute approximate surface area is 147 Å². The zero-order chi connectivity index (χ0) is 17.8. The van der Waals surface area contributed by atoms with Gasteiger partial charge in [-0.3, -0.25) is 9.59 Å². The molecule has 5 rings (SSSR count). The van der Waals surface area contributed by atoms with Crippen molar-refractivity contribution < 1.29 is 14.3 Å². The number of Topliss-reactive ketones (excluding diaryl/α,β-unsaturated/α-hetero) is 1. The van der Waals surface area contributed by atoms with Crippen LogP contribution in [0.5, 0.6) is 0 Å². The van der Waals surface area contributed by atoms with Crippen molar-refractivity contribution in [3.8, 4) is 0 Å². The van der Waals surface area contributed by atoms with Crippen LogP contribution in [0.25, 0.3) is 0 Å². The topological polar surface area (TPSA) is 76.2 Å². The first-order valence-corrected chi connectivity index (χ1v) is 9.31. The number of aromatic nitrogens is 1. The second-order valence-electron chi connectivity index (χ2n) is 8.49. The summed E-state index contributed by atoms with van der Waals surface area (Å²) in [6.07, 6.45) is 5.84. The standard InChI is InChI=1S/C20H25NO4/c1-11-3-4-16(18(23)21-11)19(24)25-12(2)17(22)20-8-13-5-14(9-20)7-15(6-13)10-20/h3-4,12-15H,5-10H2,1-2H3,(H,21,23)/t12-,13?,14?,15?,20?/m0/s1. The minimum atomic E-state index is -0.801. The minimum absolute atomic E-state index is 0.0456. The molecule has 0 saturated heterocycles. The van der Waals surface area contributed by atoms with Crippen molar-refractivity contribution in [2.24, 2.45) is 23.2 Å². The molecule has 4 fully saturated rings. The van der Waals surface area contributed by atoms with E-state index in [2.05, 4.69) is 4.98 Å². The van der Waals surface area contributed by atoms with Crippen LogP contribution in [0.15, 0.2) is 16.9 Å². The monoisotopic (exact) mass is 343 g/mol. The normalized spacial score (nSPS) is 33.9. The lowest BCUT2D eigenvalue weighted by Crippen LogP contribution is -2.52. The molecular weight excluding hydrogens is 318 g/mol. The summed E-state index contributed by atoms with van der Waals surface area (Å²) < 4.78 is 5.40. The lowest BCUT2D eigenvalue weighted by Gasteiger charge is -2.56. The molecule has 0 aliphatic heterocycles. The van der Waals surface area contributed by atoms with Gasteiger partial charge in [0.05, 0.1) is 0 Å². The van der Waals surface area contributed by atoms with E-state index in [1.54, 1.807) is 19.9 Å². The van der Waals surface area contributed by atoms with Crippen molar-refractivity contribution in [1.29, 1.82) is 0 Å². The highest BCUT2D eigenvalue weighted by Crippen LogP contribution is 2.60. The lowest BCUT2D eigenvalue weighted by atomic mass is 9.48. The van der Waals surface area contributed by atoms with Crippen molar-refractivity contribution in [3.63, 3.8) is 0 Å². The summed E-state index contributed by atoms with van der Waals surface area (Å²) in [5, 5.41) is 0. The molecule has 0 unspecified atom stereocenters. The first kappa shape index (κ1) is 16.6. The van der Waals surface area contributed by atoms with Crippen LogP contribution in [-0.4, -0.2) is 22.8 Å².